The second-order valence-corrected chi connectivity index (χ2v) is 9.34. The average molecular weight is 483 g/mol. The fraction of sp³-hybridized carbons (Fsp3) is 0.154. The molecule has 0 bridgehead atoms. The van der Waals surface area contributed by atoms with Crippen LogP contribution in [0.3, 0.4) is 0 Å². The van der Waals surface area contributed by atoms with Gasteiger partial charge in [0.05, 0.1) is 34.6 Å². The maximum atomic E-state index is 13.5. The molecule has 7 nitrogen and oxygen atoms in total. The summed E-state index contributed by atoms with van der Waals surface area (Å²) in [5.41, 5.74) is 2.68. The average Bonchev–Trinajstić information content (AvgIpc) is 3.56. The van der Waals surface area contributed by atoms with Gasteiger partial charge < -0.3 is 10.6 Å². The van der Waals surface area contributed by atoms with E-state index >= 15 is 0 Å². The summed E-state index contributed by atoms with van der Waals surface area (Å²) in [4.78, 5) is 21.9. The van der Waals surface area contributed by atoms with Crippen molar-refractivity contribution in [1.82, 2.24) is 25.1 Å². The number of rotatable bonds is 4. The lowest BCUT2D eigenvalue weighted by molar-refractivity contribution is -0.119. The van der Waals surface area contributed by atoms with E-state index in [0.29, 0.717) is 18.8 Å². The van der Waals surface area contributed by atoms with Gasteiger partial charge in [0.15, 0.2) is 0 Å². The van der Waals surface area contributed by atoms with Crippen LogP contribution in [0, 0.1) is 17.7 Å². The summed E-state index contributed by atoms with van der Waals surface area (Å²) in [6.45, 7) is 0.490. The molecule has 0 aliphatic carbocycles. The lowest BCUT2D eigenvalue weighted by Gasteiger charge is -2.08. The van der Waals surface area contributed by atoms with Crippen molar-refractivity contribution in [2.75, 3.05) is 5.32 Å². The van der Waals surface area contributed by atoms with Gasteiger partial charge >= 0.3 is 0 Å². The number of anilines is 2. The molecular weight excluding hydrogens is 463 g/mol. The third-order valence-corrected chi connectivity index (χ3v) is 6.78. The Bertz CT molecular complexity index is 1650. The summed E-state index contributed by atoms with van der Waals surface area (Å²) in [5, 5.41) is 12.6. The van der Waals surface area contributed by atoms with Crippen LogP contribution in [0.15, 0.2) is 61.1 Å². The third-order valence-electron chi connectivity index (χ3n) is 5.82. The molecule has 6 rings (SSSR count). The van der Waals surface area contributed by atoms with Gasteiger partial charge in [0.25, 0.3) is 0 Å². The minimum atomic E-state index is -0.255. The second-order valence-electron chi connectivity index (χ2n) is 8.31. The normalized spacial score (nSPS) is 15.2. The molecule has 0 radical (unpaired) electrons. The number of nitrogens with one attached hydrogen (secondary N) is 2. The molecule has 0 saturated carbocycles. The molecule has 3 aromatic heterocycles. The van der Waals surface area contributed by atoms with Crippen LogP contribution in [0.4, 0.5) is 15.9 Å². The van der Waals surface area contributed by atoms with Gasteiger partial charge in [-0.2, -0.15) is 5.10 Å². The zero-order chi connectivity index (χ0) is 23.8. The van der Waals surface area contributed by atoms with Crippen molar-refractivity contribution in [3.05, 3.63) is 77.3 Å². The minimum Gasteiger partial charge on any atom is -0.342 e. The molecule has 4 heterocycles. The maximum absolute atomic E-state index is 13.5. The van der Waals surface area contributed by atoms with E-state index in [4.69, 9.17) is 0 Å². The summed E-state index contributed by atoms with van der Waals surface area (Å²) < 4.78 is 15.4. The number of fused-ring (bicyclic) bond motifs is 2. The summed E-state index contributed by atoms with van der Waals surface area (Å²) >= 11 is 1.50. The fourth-order valence-corrected chi connectivity index (χ4v) is 4.99. The van der Waals surface area contributed by atoms with Gasteiger partial charge in [-0.05, 0) is 48.4 Å². The molecular formula is C26H19FN6OS. The van der Waals surface area contributed by atoms with Crippen molar-refractivity contribution < 1.29 is 9.18 Å². The van der Waals surface area contributed by atoms with E-state index in [1.807, 2.05) is 35.0 Å². The highest BCUT2D eigenvalue weighted by Gasteiger charge is 2.18. The second kappa shape index (κ2) is 8.81. The van der Waals surface area contributed by atoms with Crippen molar-refractivity contribution in [2.24, 2.45) is 0 Å². The Morgan fingerprint density at radius 2 is 2.14 bits per heavy atom. The van der Waals surface area contributed by atoms with Crippen molar-refractivity contribution in [3.63, 3.8) is 0 Å². The minimum absolute atomic E-state index is 0.0504. The first kappa shape index (κ1) is 21.3. The number of carbonyl (C=O) groups excluding carboxylic acids is 1. The summed E-state index contributed by atoms with van der Waals surface area (Å²) in [6, 6.07) is 14.4. The number of aromatic nitrogens is 4. The van der Waals surface area contributed by atoms with E-state index in [-0.39, 0.29) is 17.8 Å². The monoisotopic (exact) mass is 482 g/mol. The Morgan fingerprint density at radius 3 is 3.00 bits per heavy atom. The molecule has 9 heteroatoms. The van der Waals surface area contributed by atoms with E-state index in [9.17, 15) is 9.18 Å². The van der Waals surface area contributed by atoms with Crippen molar-refractivity contribution in [3.8, 4) is 11.8 Å². The van der Waals surface area contributed by atoms with Crippen LogP contribution in [-0.4, -0.2) is 31.7 Å². The van der Waals surface area contributed by atoms with Gasteiger partial charge in [-0.1, -0.05) is 24.0 Å². The van der Waals surface area contributed by atoms with Crippen molar-refractivity contribution in [2.45, 2.75) is 25.4 Å². The van der Waals surface area contributed by atoms with Gasteiger partial charge in [0.1, 0.15) is 22.8 Å². The Morgan fingerprint density at radius 1 is 1.20 bits per heavy atom. The highest BCUT2D eigenvalue weighted by molar-refractivity contribution is 7.19. The fourth-order valence-electron chi connectivity index (χ4n) is 4.13. The van der Waals surface area contributed by atoms with Gasteiger partial charge in [-0.3, -0.25) is 9.48 Å². The van der Waals surface area contributed by atoms with Crippen LogP contribution >= 0.6 is 11.3 Å². The molecule has 1 aliphatic rings. The molecule has 1 amide bonds. The number of hydrogen-bond acceptors (Lipinski definition) is 6. The zero-order valence-corrected chi connectivity index (χ0v) is 19.3. The van der Waals surface area contributed by atoms with Crippen LogP contribution in [0.5, 0.6) is 0 Å². The molecule has 35 heavy (non-hydrogen) atoms. The first-order valence-electron chi connectivity index (χ1n) is 11.1. The van der Waals surface area contributed by atoms with Gasteiger partial charge in [0.2, 0.25) is 5.91 Å². The lowest BCUT2D eigenvalue weighted by atomic mass is 10.2. The molecule has 1 saturated heterocycles. The Balaban J connectivity index is 1.24. The van der Waals surface area contributed by atoms with Gasteiger partial charge in [-0.25, -0.2) is 14.4 Å². The zero-order valence-electron chi connectivity index (χ0n) is 18.5. The number of halogens is 1. The molecule has 1 fully saturated rings. The molecule has 172 valence electrons. The van der Waals surface area contributed by atoms with E-state index in [0.717, 1.165) is 43.7 Å². The molecule has 5 aromatic rings. The van der Waals surface area contributed by atoms with Gasteiger partial charge in [0, 0.05) is 17.5 Å². The molecule has 1 atom stereocenters. The molecule has 0 unspecified atom stereocenters. The van der Waals surface area contributed by atoms with Crippen molar-refractivity contribution in [1.29, 1.82) is 0 Å². The highest BCUT2D eigenvalue weighted by atomic mass is 32.1. The largest absolute Gasteiger partial charge is 0.342 e. The van der Waals surface area contributed by atoms with Crippen LogP contribution in [0.25, 0.3) is 21.1 Å². The predicted molar refractivity (Wildman–Crippen MR) is 134 cm³/mol. The lowest BCUT2D eigenvalue weighted by Crippen LogP contribution is -2.23. The predicted octanol–water partition coefficient (Wildman–Crippen LogP) is 4.60. The molecule has 1 aliphatic heterocycles. The molecule has 2 N–H and O–H groups in total. The van der Waals surface area contributed by atoms with Crippen LogP contribution < -0.4 is 10.6 Å². The van der Waals surface area contributed by atoms with Gasteiger partial charge in [-0.15, -0.1) is 11.3 Å². The highest BCUT2D eigenvalue weighted by Crippen LogP contribution is 2.30. The molecule has 0 spiro atoms. The number of carbonyl (C=O) groups is 1. The molecule has 2 aromatic carbocycles. The van der Waals surface area contributed by atoms with E-state index in [2.05, 4.69) is 37.5 Å². The number of benzene rings is 2. The van der Waals surface area contributed by atoms with Crippen LogP contribution in [0.1, 0.15) is 23.3 Å². The number of amides is 1. The third kappa shape index (κ3) is 4.44. The number of thiophene rings is 1. The Labute approximate surface area is 204 Å². The standard InChI is InChI=1S/C26H19FN6OS/c27-18-3-1-2-16(10-18)14-33-23-8-5-20(11-17(23)13-30-33)32-25-22-12-21(35-26(22)29-15-28-25)7-4-19-6-9-24(34)31-19/h1-3,5,8,10-13,15,19H,6,9,14H2,(H,31,34)(H,28,29,32)/t19-/m1/s1. The number of hydrogen-bond donors (Lipinski definition) is 2. The van der Waals surface area contributed by atoms with E-state index < -0.39 is 0 Å². The first-order valence-corrected chi connectivity index (χ1v) is 11.9. The summed E-state index contributed by atoms with van der Waals surface area (Å²) in [7, 11) is 0. The van der Waals surface area contributed by atoms with Crippen LogP contribution in [-0.2, 0) is 11.3 Å². The van der Waals surface area contributed by atoms with Crippen molar-refractivity contribution >= 4 is 49.9 Å². The quantitative estimate of drug-likeness (QED) is 0.366. The topological polar surface area (TPSA) is 84.7 Å². The van der Waals surface area contributed by atoms with E-state index in [1.165, 1.54) is 29.8 Å². The first-order chi connectivity index (χ1) is 17.1. The van der Waals surface area contributed by atoms with Crippen LogP contribution in [0.2, 0.25) is 0 Å². The summed E-state index contributed by atoms with van der Waals surface area (Å²) in [5.74, 6) is 6.78. The SMILES string of the molecule is O=C1CC[C@@H](C#Cc2cc3c(Nc4ccc5c(cnn5Cc5cccc(F)c5)c4)ncnc3s2)N1. The Kier molecular flexibility index (Phi) is 5.35. The number of nitrogens with zero attached hydrogens (tertiary/aromatic N) is 4. The summed E-state index contributed by atoms with van der Waals surface area (Å²) in [6.07, 6.45) is 4.60. The van der Waals surface area contributed by atoms with E-state index in [1.54, 1.807) is 12.3 Å². The Hall–Kier alpha value is -4.29. The smallest absolute Gasteiger partial charge is 0.221 e. The maximum Gasteiger partial charge on any atom is 0.221 e.